The van der Waals surface area contributed by atoms with Crippen molar-refractivity contribution in [2.24, 2.45) is 5.92 Å². The van der Waals surface area contributed by atoms with E-state index in [4.69, 9.17) is 0 Å². The standard InChI is InChI=1S/C16H22BrNO/c1-2-3-10-18(11-9-17)16(19)15-12-14(15)13-7-5-4-6-8-13/h4-8,14-15H,2-3,9-12H2,1H3. The number of unbranched alkanes of at least 4 members (excludes halogenated alkanes) is 1. The molecule has 1 fully saturated rings. The Balaban J connectivity index is 1.93. The van der Waals surface area contributed by atoms with Gasteiger partial charge in [0.2, 0.25) is 5.91 Å². The van der Waals surface area contributed by atoms with E-state index in [-0.39, 0.29) is 5.92 Å². The summed E-state index contributed by atoms with van der Waals surface area (Å²) in [4.78, 5) is 14.5. The summed E-state index contributed by atoms with van der Waals surface area (Å²) in [5.41, 5.74) is 1.31. The lowest BCUT2D eigenvalue weighted by atomic mass is 10.1. The molecule has 1 aliphatic rings. The summed E-state index contributed by atoms with van der Waals surface area (Å²) in [7, 11) is 0. The molecule has 2 unspecified atom stereocenters. The maximum atomic E-state index is 12.5. The van der Waals surface area contributed by atoms with Crippen LogP contribution in [0, 0.1) is 5.92 Å². The summed E-state index contributed by atoms with van der Waals surface area (Å²) >= 11 is 3.45. The highest BCUT2D eigenvalue weighted by atomic mass is 79.9. The zero-order chi connectivity index (χ0) is 13.7. The third-order valence-electron chi connectivity index (χ3n) is 3.78. The van der Waals surface area contributed by atoms with Gasteiger partial charge >= 0.3 is 0 Å². The second-order valence-corrected chi connectivity index (χ2v) is 6.02. The summed E-state index contributed by atoms with van der Waals surface area (Å²) in [6, 6.07) is 10.4. The monoisotopic (exact) mass is 323 g/mol. The summed E-state index contributed by atoms with van der Waals surface area (Å²) in [6.45, 7) is 3.90. The summed E-state index contributed by atoms with van der Waals surface area (Å²) in [5, 5.41) is 0.866. The Morgan fingerprint density at radius 2 is 2.05 bits per heavy atom. The van der Waals surface area contributed by atoms with E-state index in [1.807, 2.05) is 11.0 Å². The second-order valence-electron chi connectivity index (χ2n) is 5.23. The van der Waals surface area contributed by atoms with Crippen molar-refractivity contribution >= 4 is 21.8 Å². The van der Waals surface area contributed by atoms with Crippen molar-refractivity contribution in [1.29, 1.82) is 0 Å². The van der Waals surface area contributed by atoms with Crippen molar-refractivity contribution in [2.75, 3.05) is 18.4 Å². The van der Waals surface area contributed by atoms with Gasteiger partial charge in [-0.15, -0.1) is 0 Å². The Hall–Kier alpha value is -0.830. The van der Waals surface area contributed by atoms with Gasteiger partial charge < -0.3 is 4.90 Å². The second kappa shape index (κ2) is 7.09. The van der Waals surface area contributed by atoms with Crippen LogP contribution in [-0.4, -0.2) is 29.2 Å². The van der Waals surface area contributed by atoms with Crippen molar-refractivity contribution in [3.05, 3.63) is 35.9 Å². The van der Waals surface area contributed by atoms with E-state index in [1.165, 1.54) is 5.56 Å². The van der Waals surface area contributed by atoms with Gasteiger partial charge in [-0.1, -0.05) is 59.6 Å². The van der Waals surface area contributed by atoms with Crippen molar-refractivity contribution in [3.8, 4) is 0 Å². The molecule has 0 aliphatic heterocycles. The molecule has 0 spiro atoms. The lowest BCUT2D eigenvalue weighted by Gasteiger charge is -2.21. The van der Waals surface area contributed by atoms with E-state index in [0.29, 0.717) is 11.8 Å². The van der Waals surface area contributed by atoms with Gasteiger partial charge in [0.15, 0.2) is 0 Å². The molecule has 2 rings (SSSR count). The van der Waals surface area contributed by atoms with Gasteiger partial charge in [-0.2, -0.15) is 0 Å². The predicted molar refractivity (Wildman–Crippen MR) is 82.6 cm³/mol. The predicted octanol–water partition coefficient (Wildman–Crippen LogP) is 3.81. The molecule has 1 saturated carbocycles. The lowest BCUT2D eigenvalue weighted by Crippen LogP contribution is -2.35. The number of halogens is 1. The Morgan fingerprint density at radius 3 is 2.68 bits per heavy atom. The molecule has 0 bridgehead atoms. The zero-order valence-corrected chi connectivity index (χ0v) is 13.1. The van der Waals surface area contributed by atoms with E-state index in [9.17, 15) is 4.79 Å². The topological polar surface area (TPSA) is 20.3 Å². The molecule has 2 nitrogen and oxygen atoms in total. The van der Waals surface area contributed by atoms with Crippen LogP contribution in [0.4, 0.5) is 0 Å². The van der Waals surface area contributed by atoms with E-state index in [2.05, 4.69) is 47.1 Å². The molecule has 1 aliphatic carbocycles. The Labute approximate surface area is 124 Å². The average Bonchev–Trinajstić information content (AvgIpc) is 3.24. The van der Waals surface area contributed by atoms with Crippen molar-refractivity contribution in [2.45, 2.75) is 32.1 Å². The van der Waals surface area contributed by atoms with Crippen LogP contribution in [-0.2, 0) is 4.79 Å². The van der Waals surface area contributed by atoms with Gasteiger partial charge in [0.25, 0.3) is 0 Å². The number of carbonyl (C=O) groups is 1. The molecule has 3 heteroatoms. The largest absolute Gasteiger partial charge is 0.342 e. The number of amides is 1. The van der Waals surface area contributed by atoms with Crippen LogP contribution in [0.5, 0.6) is 0 Å². The van der Waals surface area contributed by atoms with Crippen LogP contribution in [0.1, 0.15) is 37.7 Å². The molecule has 0 heterocycles. The quantitative estimate of drug-likeness (QED) is 0.699. The van der Waals surface area contributed by atoms with E-state index >= 15 is 0 Å². The first kappa shape index (κ1) is 14.6. The summed E-state index contributed by atoms with van der Waals surface area (Å²) in [5.74, 6) is 1.02. The van der Waals surface area contributed by atoms with Gasteiger partial charge in [-0.05, 0) is 24.3 Å². The molecule has 1 aromatic carbocycles. The van der Waals surface area contributed by atoms with Crippen LogP contribution in [0.2, 0.25) is 0 Å². The number of hydrogen-bond acceptors (Lipinski definition) is 1. The maximum absolute atomic E-state index is 12.5. The fourth-order valence-corrected chi connectivity index (χ4v) is 2.98. The molecular formula is C16H22BrNO. The normalized spacial score (nSPS) is 21.2. The van der Waals surface area contributed by atoms with Crippen LogP contribution in [0.15, 0.2) is 30.3 Å². The van der Waals surface area contributed by atoms with Gasteiger partial charge in [-0.3, -0.25) is 4.79 Å². The fourth-order valence-electron chi connectivity index (χ4n) is 2.55. The SMILES string of the molecule is CCCCN(CCBr)C(=O)C1CC1c1ccccc1. The highest BCUT2D eigenvalue weighted by Crippen LogP contribution is 2.48. The van der Waals surface area contributed by atoms with Crippen LogP contribution < -0.4 is 0 Å². The van der Waals surface area contributed by atoms with Gasteiger partial charge in [0.1, 0.15) is 0 Å². The van der Waals surface area contributed by atoms with E-state index in [0.717, 1.165) is 37.7 Å². The Bertz CT molecular complexity index is 406. The number of nitrogens with zero attached hydrogens (tertiary/aromatic N) is 1. The van der Waals surface area contributed by atoms with Crippen LogP contribution in [0.3, 0.4) is 0 Å². The zero-order valence-electron chi connectivity index (χ0n) is 11.5. The van der Waals surface area contributed by atoms with Gasteiger partial charge in [0, 0.05) is 24.3 Å². The summed E-state index contributed by atoms with van der Waals surface area (Å²) in [6.07, 6.45) is 3.26. The molecule has 2 atom stereocenters. The van der Waals surface area contributed by atoms with Crippen molar-refractivity contribution in [1.82, 2.24) is 4.90 Å². The molecule has 1 amide bonds. The molecule has 0 radical (unpaired) electrons. The number of alkyl halides is 1. The van der Waals surface area contributed by atoms with E-state index in [1.54, 1.807) is 0 Å². The lowest BCUT2D eigenvalue weighted by molar-refractivity contribution is -0.132. The molecule has 19 heavy (non-hydrogen) atoms. The molecular weight excluding hydrogens is 302 g/mol. The van der Waals surface area contributed by atoms with Gasteiger partial charge in [-0.25, -0.2) is 0 Å². The summed E-state index contributed by atoms with van der Waals surface area (Å²) < 4.78 is 0. The Morgan fingerprint density at radius 1 is 1.32 bits per heavy atom. The molecule has 0 aromatic heterocycles. The van der Waals surface area contributed by atoms with Crippen molar-refractivity contribution < 1.29 is 4.79 Å². The molecule has 104 valence electrons. The number of rotatable bonds is 7. The third kappa shape index (κ3) is 3.82. The van der Waals surface area contributed by atoms with Crippen LogP contribution >= 0.6 is 15.9 Å². The highest BCUT2D eigenvalue weighted by Gasteiger charge is 2.45. The minimum Gasteiger partial charge on any atom is -0.342 e. The minimum absolute atomic E-state index is 0.221. The smallest absolute Gasteiger partial charge is 0.226 e. The molecule has 0 N–H and O–H groups in total. The number of carbonyl (C=O) groups excluding carboxylic acids is 1. The first-order valence-corrected chi connectivity index (χ1v) is 8.29. The highest BCUT2D eigenvalue weighted by molar-refractivity contribution is 9.09. The molecule has 0 saturated heterocycles. The molecule has 1 aromatic rings. The van der Waals surface area contributed by atoms with Crippen molar-refractivity contribution in [3.63, 3.8) is 0 Å². The first-order chi connectivity index (χ1) is 9.27. The van der Waals surface area contributed by atoms with E-state index < -0.39 is 0 Å². The Kier molecular flexibility index (Phi) is 5.44. The van der Waals surface area contributed by atoms with Gasteiger partial charge in [0.05, 0.1) is 0 Å². The maximum Gasteiger partial charge on any atom is 0.226 e. The van der Waals surface area contributed by atoms with Crippen LogP contribution in [0.25, 0.3) is 0 Å². The third-order valence-corrected chi connectivity index (χ3v) is 4.14. The average molecular weight is 324 g/mol. The fraction of sp³-hybridized carbons (Fsp3) is 0.562. The number of hydrogen-bond donors (Lipinski definition) is 0. The minimum atomic E-state index is 0.221. The number of benzene rings is 1. The first-order valence-electron chi connectivity index (χ1n) is 7.17.